The molecule has 1 N–H and O–H groups in total. The van der Waals surface area contributed by atoms with Crippen molar-refractivity contribution in [2.45, 2.75) is 30.9 Å². The van der Waals surface area contributed by atoms with Crippen molar-refractivity contribution in [1.29, 1.82) is 0 Å². The first kappa shape index (κ1) is 23.0. The number of thioether (sulfide) groups is 1. The highest BCUT2D eigenvalue weighted by atomic mass is 32.2. The van der Waals surface area contributed by atoms with Gasteiger partial charge in [0.25, 0.3) is 11.5 Å². The number of hydrogen-bond acceptors (Lipinski definition) is 7. The summed E-state index contributed by atoms with van der Waals surface area (Å²) in [6, 6.07) is 18.3. The van der Waals surface area contributed by atoms with Gasteiger partial charge in [0.05, 0.1) is 11.4 Å². The van der Waals surface area contributed by atoms with Crippen molar-refractivity contribution in [2.75, 3.05) is 11.9 Å². The van der Waals surface area contributed by atoms with Crippen LogP contribution in [-0.2, 0) is 17.0 Å². The van der Waals surface area contributed by atoms with E-state index in [0.29, 0.717) is 33.8 Å². The molecule has 7 nitrogen and oxygen atoms in total. The third-order valence-corrected chi connectivity index (χ3v) is 6.61. The molecule has 0 bridgehead atoms. The van der Waals surface area contributed by atoms with Crippen molar-refractivity contribution in [2.24, 2.45) is 5.92 Å². The molecule has 0 unspecified atom stereocenters. The van der Waals surface area contributed by atoms with E-state index in [-0.39, 0.29) is 18.1 Å². The number of anilines is 1. The SMILES string of the molecule is CC(C)Cc1nn2c(=O)cc(CSc3ccccc3NC(=O)COc3ccccc3)nc2s1. The first-order valence-electron chi connectivity index (χ1n) is 10.6. The predicted octanol–water partition coefficient (Wildman–Crippen LogP) is 4.66. The summed E-state index contributed by atoms with van der Waals surface area (Å²) in [7, 11) is 0. The molecule has 170 valence electrons. The van der Waals surface area contributed by atoms with Gasteiger partial charge in [0.1, 0.15) is 10.8 Å². The summed E-state index contributed by atoms with van der Waals surface area (Å²) in [6.45, 7) is 4.16. The van der Waals surface area contributed by atoms with E-state index in [4.69, 9.17) is 4.74 Å². The van der Waals surface area contributed by atoms with E-state index in [2.05, 4.69) is 29.2 Å². The summed E-state index contributed by atoms with van der Waals surface area (Å²) >= 11 is 2.96. The Bertz CT molecular complexity index is 1300. The molecule has 0 radical (unpaired) electrons. The minimum absolute atomic E-state index is 0.0813. The topological polar surface area (TPSA) is 85.6 Å². The minimum Gasteiger partial charge on any atom is -0.484 e. The molecule has 4 aromatic rings. The molecule has 0 aliphatic rings. The second-order valence-electron chi connectivity index (χ2n) is 7.81. The van der Waals surface area contributed by atoms with Gasteiger partial charge in [-0.2, -0.15) is 9.61 Å². The van der Waals surface area contributed by atoms with Crippen molar-refractivity contribution in [3.63, 3.8) is 0 Å². The van der Waals surface area contributed by atoms with Crippen molar-refractivity contribution in [1.82, 2.24) is 14.6 Å². The third-order valence-electron chi connectivity index (χ3n) is 4.57. The van der Waals surface area contributed by atoms with Gasteiger partial charge < -0.3 is 10.1 Å². The van der Waals surface area contributed by atoms with Crippen molar-refractivity contribution >= 4 is 39.7 Å². The van der Waals surface area contributed by atoms with Crippen molar-refractivity contribution in [3.8, 4) is 5.75 Å². The molecule has 0 spiro atoms. The first-order valence-corrected chi connectivity index (χ1v) is 12.4. The summed E-state index contributed by atoms with van der Waals surface area (Å²) in [5, 5.41) is 8.20. The number of aromatic nitrogens is 3. The van der Waals surface area contributed by atoms with Crippen LogP contribution in [-0.4, -0.2) is 27.1 Å². The number of ether oxygens (including phenoxy) is 1. The maximum Gasteiger partial charge on any atom is 0.275 e. The number of fused-ring (bicyclic) bond motifs is 1. The molecule has 1 amide bonds. The number of carbonyl (C=O) groups excluding carboxylic acids is 1. The molecule has 33 heavy (non-hydrogen) atoms. The van der Waals surface area contributed by atoms with Gasteiger partial charge in [-0.25, -0.2) is 4.98 Å². The molecule has 9 heteroatoms. The van der Waals surface area contributed by atoms with Crippen LogP contribution >= 0.6 is 23.1 Å². The van der Waals surface area contributed by atoms with E-state index in [0.717, 1.165) is 16.3 Å². The molecule has 0 saturated heterocycles. The molecule has 0 aliphatic heterocycles. The van der Waals surface area contributed by atoms with E-state index in [1.165, 1.54) is 33.7 Å². The fourth-order valence-electron chi connectivity index (χ4n) is 3.10. The number of hydrogen-bond donors (Lipinski definition) is 1. The largest absolute Gasteiger partial charge is 0.484 e. The van der Waals surface area contributed by atoms with Crippen LogP contribution in [0.15, 0.2) is 70.4 Å². The second kappa shape index (κ2) is 10.6. The lowest BCUT2D eigenvalue weighted by Gasteiger charge is -2.11. The molecule has 4 rings (SSSR count). The zero-order valence-corrected chi connectivity index (χ0v) is 20.0. The standard InChI is InChI=1S/C24H24N4O3S2/c1-16(2)12-22-27-28-23(30)13-17(25-24(28)33-22)15-32-20-11-7-6-10-19(20)26-21(29)14-31-18-8-4-3-5-9-18/h3-11,13,16H,12,14-15H2,1-2H3,(H,26,29). The Morgan fingerprint density at radius 3 is 2.70 bits per heavy atom. The molecular formula is C24H24N4O3S2. The fraction of sp³-hybridized carbons (Fsp3) is 0.250. The number of para-hydroxylation sites is 2. The molecule has 0 fully saturated rings. The van der Waals surface area contributed by atoms with Crippen LogP contribution in [0, 0.1) is 5.92 Å². The smallest absolute Gasteiger partial charge is 0.275 e. The average Bonchev–Trinajstić information content (AvgIpc) is 3.20. The number of nitrogens with one attached hydrogen (secondary N) is 1. The molecule has 0 aliphatic carbocycles. The number of benzene rings is 2. The van der Waals surface area contributed by atoms with Gasteiger partial charge in [-0.15, -0.1) is 11.8 Å². The van der Waals surface area contributed by atoms with E-state index in [1.807, 2.05) is 42.5 Å². The summed E-state index contributed by atoms with van der Waals surface area (Å²) in [4.78, 5) is 31.0. The number of carbonyl (C=O) groups is 1. The van der Waals surface area contributed by atoms with Gasteiger partial charge in [0.2, 0.25) is 4.96 Å². The van der Waals surface area contributed by atoms with E-state index < -0.39 is 0 Å². The summed E-state index contributed by atoms with van der Waals surface area (Å²) in [5.41, 5.74) is 1.19. The quantitative estimate of drug-likeness (QED) is 0.351. The maximum absolute atomic E-state index is 12.5. The second-order valence-corrected chi connectivity index (χ2v) is 9.87. The van der Waals surface area contributed by atoms with Gasteiger partial charge in [-0.05, 0) is 30.2 Å². The van der Waals surface area contributed by atoms with Crippen LogP contribution in [0.25, 0.3) is 4.96 Å². The maximum atomic E-state index is 12.5. The van der Waals surface area contributed by atoms with Gasteiger partial charge in [0.15, 0.2) is 6.61 Å². The van der Waals surface area contributed by atoms with Crippen LogP contribution < -0.4 is 15.6 Å². The Morgan fingerprint density at radius 2 is 1.91 bits per heavy atom. The van der Waals surface area contributed by atoms with E-state index >= 15 is 0 Å². The predicted molar refractivity (Wildman–Crippen MR) is 132 cm³/mol. The number of nitrogens with zero attached hydrogens (tertiary/aromatic N) is 3. The zero-order chi connectivity index (χ0) is 23.2. The molecule has 2 aromatic heterocycles. The van der Waals surface area contributed by atoms with Gasteiger partial charge in [-0.1, -0.05) is 55.5 Å². The van der Waals surface area contributed by atoms with Crippen LogP contribution in [0.1, 0.15) is 24.5 Å². The minimum atomic E-state index is -0.243. The first-order chi connectivity index (χ1) is 16.0. The van der Waals surface area contributed by atoms with Crippen LogP contribution in [0.4, 0.5) is 5.69 Å². The number of amides is 1. The zero-order valence-electron chi connectivity index (χ0n) is 18.4. The Kier molecular flexibility index (Phi) is 7.41. The summed E-state index contributed by atoms with van der Waals surface area (Å²) in [6.07, 6.45) is 0.818. The van der Waals surface area contributed by atoms with Crippen molar-refractivity contribution in [3.05, 3.63) is 81.7 Å². The Labute approximate surface area is 199 Å². The molecule has 0 saturated carbocycles. The highest BCUT2D eigenvalue weighted by Gasteiger charge is 2.12. The lowest BCUT2D eigenvalue weighted by atomic mass is 10.1. The normalized spacial score (nSPS) is 11.1. The lowest BCUT2D eigenvalue weighted by Crippen LogP contribution is -2.20. The van der Waals surface area contributed by atoms with Gasteiger partial charge >= 0.3 is 0 Å². The Morgan fingerprint density at radius 1 is 1.15 bits per heavy atom. The average molecular weight is 481 g/mol. The third kappa shape index (κ3) is 6.21. The Balaban J connectivity index is 1.42. The monoisotopic (exact) mass is 480 g/mol. The molecule has 0 atom stereocenters. The van der Waals surface area contributed by atoms with Crippen LogP contribution in [0.3, 0.4) is 0 Å². The van der Waals surface area contributed by atoms with Gasteiger partial charge in [0, 0.05) is 23.1 Å². The summed E-state index contributed by atoms with van der Waals surface area (Å²) in [5.74, 6) is 1.35. The molecular weight excluding hydrogens is 456 g/mol. The van der Waals surface area contributed by atoms with Crippen LogP contribution in [0.2, 0.25) is 0 Å². The molecule has 2 aromatic carbocycles. The molecule has 2 heterocycles. The highest BCUT2D eigenvalue weighted by molar-refractivity contribution is 7.98. The van der Waals surface area contributed by atoms with E-state index in [9.17, 15) is 9.59 Å². The lowest BCUT2D eigenvalue weighted by molar-refractivity contribution is -0.118. The fourth-order valence-corrected chi connectivity index (χ4v) is 5.13. The van der Waals surface area contributed by atoms with E-state index in [1.54, 1.807) is 12.1 Å². The summed E-state index contributed by atoms with van der Waals surface area (Å²) < 4.78 is 6.89. The Hall–Kier alpha value is -3.17. The van der Waals surface area contributed by atoms with Crippen LogP contribution in [0.5, 0.6) is 5.75 Å². The van der Waals surface area contributed by atoms with Crippen molar-refractivity contribution < 1.29 is 9.53 Å². The highest BCUT2D eigenvalue weighted by Crippen LogP contribution is 2.29. The number of rotatable bonds is 9. The van der Waals surface area contributed by atoms with Gasteiger partial charge in [-0.3, -0.25) is 9.59 Å².